The summed E-state index contributed by atoms with van der Waals surface area (Å²) in [5.41, 5.74) is 0.786. The number of aliphatic hydroxyl groups excluding tert-OH is 1. The number of hydrogen-bond acceptors (Lipinski definition) is 5. The number of aryl methyl sites for hydroxylation is 1. The first-order valence-electron chi connectivity index (χ1n) is 8.43. The maximum atomic E-state index is 13.3. The van der Waals surface area contributed by atoms with Crippen LogP contribution in [0.3, 0.4) is 0 Å². The number of para-hydroxylation sites is 1. The number of sulfonamides is 1. The van der Waals surface area contributed by atoms with Gasteiger partial charge in [0.15, 0.2) is 4.90 Å². The molecule has 0 saturated heterocycles. The maximum absolute atomic E-state index is 13.3. The van der Waals surface area contributed by atoms with Gasteiger partial charge in [0.25, 0.3) is 15.7 Å². The van der Waals surface area contributed by atoms with Crippen molar-refractivity contribution in [2.75, 3.05) is 31.5 Å². The van der Waals surface area contributed by atoms with Crippen LogP contribution in [0.2, 0.25) is 0 Å². The summed E-state index contributed by atoms with van der Waals surface area (Å²) in [5, 5.41) is 21.6. The van der Waals surface area contributed by atoms with Crippen molar-refractivity contribution < 1.29 is 35.8 Å². The SMILES string of the molecule is Cc1ccc(N(CC(O)C[NH+](C)C)S(=O)(=O)c2ccccc2[N+](=O)[O-])cc1.[Cl-]. The molecule has 0 heterocycles. The van der Waals surface area contributed by atoms with Gasteiger partial charge in [-0.25, -0.2) is 8.42 Å². The number of quaternary nitrogens is 1. The molecule has 154 valence electrons. The van der Waals surface area contributed by atoms with Crippen molar-refractivity contribution in [3.8, 4) is 0 Å². The lowest BCUT2D eigenvalue weighted by Crippen LogP contribution is -3.07. The summed E-state index contributed by atoms with van der Waals surface area (Å²) >= 11 is 0. The number of nitro benzene ring substituents is 1. The molecule has 8 nitrogen and oxygen atoms in total. The Morgan fingerprint density at radius 2 is 1.71 bits per heavy atom. The van der Waals surface area contributed by atoms with E-state index >= 15 is 0 Å². The summed E-state index contributed by atoms with van der Waals surface area (Å²) < 4.78 is 27.6. The Kier molecular flexibility index (Phi) is 8.37. The van der Waals surface area contributed by atoms with Crippen LogP contribution in [0.25, 0.3) is 0 Å². The van der Waals surface area contributed by atoms with Gasteiger partial charge in [0, 0.05) is 6.07 Å². The average molecular weight is 430 g/mol. The van der Waals surface area contributed by atoms with E-state index in [4.69, 9.17) is 0 Å². The van der Waals surface area contributed by atoms with Gasteiger partial charge in [0.1, 0.15) is 12.6 Å². The standard InChI is InChI=1S/C18H23N3O5S.ClH/c1-14-8-10-15(11-9-14)20(13-16(22)12-19(2)3)27(25,26)18-7-5-4-6-17(18)21(23)24;/h4-11,16,22H,12-13H2,1-3H3;1H. The van der Waals surface area contributed by atoms with Crippen molar-refractivity contribution in [1.82, 2.24) is 0 Å². The molecular formula is C18H24ClN3O5S. The van der Waals surface area contributed by atoms with Crippen molar-refractivity contribution in [1.29, 1.82) is 0 Å². The fourth-order valence-corrected chi connectivity index (χ4v) is 4.39. The van der Waals surface area contributed by atoms with Crippen molar-refractivity contribution >= 4 is 21.4 Å². The van der Waals surface area contributed by atoms with Crippen LogP contribution in [0.1, 0.15) is 5.56 Å². The molecular weight excluding hydrogens is 406 g/mol. The molecule has 1 atom stereocenters. The van der Waals surface area contributed by atoms with Crippen molar-refractivity contribution in [2.45, 2.75) is 17.9 Å². The second-order valence-electron chi connectivity index (χ2n) is 6.66. The third-order valence-corrected chi connectivity index (χ3v) is 5.81. The quantitative estimate of drug-likeness (QED) is 0.360. The zero-order valence-electron chi connectivity index (χ0n) is 15.9. The predicted octanol–water partition coefficient (Wildman–Crippen LogP) is -2.39. The molecule has 28 heavy (non-hydrogen) atoms. The number of nitro groups is 1. The molecule has 1 unspecified atom stereocenters. The first-order chi connectivity index (χ1) is 12.6. The van der Waals surface area contributed by atoms with Crippen LogP contribution in [0.4, 0.5) is 11.4 Å². The summed E-state index contributed by atoms with van der Waals surface area (Å²) in [5.74, 6) is 0. The van der Waals surface area contributed by atoms with Crippen LogP contribution >= 0.6 is 0 Å². The molecule has 2 aromatic carbocycles. The molecule has 0 spiro atoms. The second-order valence-corrected chi connectivity index (χ2v) is 8.49. The Morgan fingerprint density at radius 3 is 2.25 bits per heavy atom. The molecule has 2 rings (SSSR count). The zero-order chi connectivity index (χ0) is 20.2. The highest BCUT2D eigenvalue weighted by Gasteiger charge is 2.33. The number of hydrogen-bond donors (Lipinski definition) is 2. The molecule has 0 radical (unpaired) electrons. The van der Waals surface area contributed by atoms with Crippen LogP contribution < -0.4 is 21.6 Å². The molecule has 0 bridgehead atoms. The highest BCUT2D eigenvalue weighted by Crippen LogP contribution is 2.30. The topological polar surface area (TPSA) is 105 Å². The first-order valence-corrected chi connectivity index (χ1v) is 9.87. The number of anilines is 1. The van der Waals surface area contributed by atoms with Gasteiger partial charge in [-0.2, -0.15) is 0 Å². The van der Waals surface area contributed by atoms with E-state index in [-0.39, 0.29) is 19.0 Å². The van der Waals surface area contributed by atoms with Gasteiger partial charge in [-0.1, -0.05) is 29.8 Å². The largest absolute Gasteiger partial charge is 1.00 e. The van der Waals surface area contributed by atoms with Crippen molar-refractivity contribution in [2.24, 2.45) is 0 Å². The van der Waals surface area contributed by atoms with Crippen molar-refractivity contribution in [3.63, 3.8) is 0 Å². The normalized spacial score (nSPS) is 12.3. The zero-order valence-corrected chi connectivity index (χ0v) is 17.4. The molecule has 0 aliphatic rings. The van der Waals surface area contributed by atoms with Crippen LogP contribution in [0.5, 0.6) is 0 Å². The van der Waals surface area contributed by atoms with Gasteiger partial charge in [-0.05, 0) is 25.1 Å². The Hall–Kier alpha value is -2.20. The monoisotopic (exact) mass is 429 g/mol. The Bertz CT molecular complexity index is 904. The van der Waals surface area contributed by atoms with E-state index in [1.165, 1.54) is 18.2 Å². The second kappa shape index (κ2) is 9.83. The smallest absolute Gasteiger partial charge is 0.289 e. The van der Waals surface area contributed by atoms with Gasteiger partial charge in [-0.3, -0.25) is 14.4 Å². The molecule has 0 saturated carbocycles. The van der Waals surface area contributed by atoms with Crippen LogP contribution in [-0.4, -0.2) is 51.7 Å². The van der Waals surface area contributed by atoms with E-state index in [1.54, 1.807) is 24.3 Å². The van der Waals surface area contributed by atoms with Crippen LogP contribution in [0, 0.1) is 17.0 Å². The highest BCUT2D eigenvalue weighted by molar-refractivity contribution is 7.93. The minimum absolute atomic E-state index is 0. The number of rotatable bonds is 8. The lowest BCUT2D eigenvalue weighted by Gasteiger charge is -2.27. The molecule has 0 amide bonds. The molecule has 0 fully saturated rings. The summed E-state index contributed by atoms with van der Waals surface area (Å²) in [7, 11) is -0.565. The molecule has 2 N–H and O–H groups in total. The van der Waals surface area contributed by atoms with Gasteiger partial charge in [0.2, 0.25) is 0 Å². The highest BCUT2D eigenvalue weighted by atomic mass is 35.5. The molecule has 0 aromatic heterocycles. The van der Waals surface area contributed by atoms with Crippen LogP contribution in [0.15, 0.2) is 53.4 Å². The Labute approximate surface area is 171 Å². The maximum Gasteiger partial charge on any atom is 0.289 e. The number of likely N-dealkylation sites (N-methyl/N-ethyl adjacent to an activating group) is 1. The Morgan fingerprint density at radius 1 is 1.14 bits per heavy atom. The number of benzene rings is 2. The number of halogens is 1. The van der Waals surface area contributed by atoms with E-state index in [0.717, 1.165) is 20.8 Å². The summed E-state index contributed by atoms with van der Waals surface area (Å²) in [4.78, 5) is 11.1. The number of nitrogens with zero attached hydrogens (tertiary/aromatic N) is 2. The third kappa shape index (κ3) is 5.65. The van der Waals surface area contributed by atoms with Crippen molar-refractivity contribution in [3.05, 3.63) is 64.2 Å². The predicted molar refractivity (Wildman–Crippen MR) is 102 cm³/mol. The van der Waals surface area contributed by atoms with Gasteiger partial charge < -0.3 is 22.4 Å². The van der Waals surface area contributed by atoms with E-state index in [0.29, 0.717) is 12.2 Å². The van der Waals surface area contributed by atoms with E-state index in [9.17, 15) is 23.6 Å². The Balaban J connectivity index is 0.00000392. The molecule has 10 heteroatoms. The van der Waals surface area contributed by atoms with Gasteiger partial charge >= 0.3 is 0 Å². The van der Waals surface area contributed by atoms with Crippen LogP contribution in [-0.2, 0) is 10.0 Å². The number of nitrogens with one attached hydrogen (secondary N) is 1. The minimum atomic E-state index is -4.25. The van der Waals surface area contributed by atoms with E-state index in [2.05, 4.69) is 0 Å². The van der Waals surface area contributed by atoms with E-state index < -0.39 is 31.6 Å². The first kappa shape index (κ1) is 23.8. The van der Waals surface area contributed by atoms with Gasteiger partial charge in [0.05, 0.1) is 31.3 Å². The number of aliphatic hydroxyl groups is 1. The average Bonchev–Trinajstić information content (AvgIpc) is 2.60. The summed E-state index contributed by atoms with van der Waals surface area (Å²) in [6.07, 6.45) is -0.936. The lowest BCUT2D eigenvalue weighted by atomic mass is 10.2. The summed E-state index contributed by atoms with van der Waals surface area (Å²) in [6.45, 7) is 1.99. The third-order valence-electron chi connectivity index (χ3n) is 3.97. The van der Waals surface area contributed by atoms with E-state index in [1.807, 2.05) is 21.0 Å². The summed E-state index contributed by atoms with van der Waals surface area (Å²) in [6, 6.07) is 12.0. The fraction of sp³-hybridized carbons (Fsp3) is 0.333. The molecule has 2 aromatic rings. The molecule has 0 aliphatic carbocycles. The van der Waals surface area contributed by atoms with Gasteiger partial charge in [-0.15, -0.1) is 0 Å². The lowest BCUT2D eigenvalue weighted by molar-refractivity contribution is -0.861. The molecule has 0 aliphatic heterocycles. The minimum Gasteiger partial charge on any atom is -1.00 e. The fourth-order valence-electron chi connectivity index (χ4n) is 2.73.